The highest BCUT2D eigenvalue weighted by molar-refractivity contribution is 7.27. The van der Waals surface area contributed by atoms with Gasteiger partial charge in [0, 0.05) is 40.7 Å². The zero-order valence-corrected chi connectivity index (χ0v) is 26.5. The summed E-state index contributed by atoms with van der Waals surface area (Å²) >= 11 is 3.85. The van der Waals surface area contributed by atoms with Gasteiger partial charge in [0.15, 0.2) is 0 Å². The zero-order chi connectivity index (χ0) is 30.2. The van der Waals surface area contributed by atoms with Crippen molar-refractivity contribution in [1.29, 1.82) is 0 Å². The van der Waals surface area contributed by atoms with Crippen molar-refractivity contribution >= 4 is 63.0 Å². The van der Waals surface area contributed by atoms with Crippen molar-refractivity contribution in [3.63, 3.8) is 0 Å². The first-order chi connectivity index (χ1) is 22.8. The molecule has 2 heterocycles. The molecular formula is C44H26S2. The summed E-state index contributed by atoms with van der Waals surface area (Å²) in [6, 6.07) is 58.2. The zero-order valence-electron chi connectivity index (χ0n) is 24.8. The van der Waals surface area contributed by atoms with E-state index in [0.717, 1.165) is 0 Å². The maximum atomic E-state index is 2.41. The molecule has 8 aromatic carbocycles. The van der Waals surface area contributed by atoms with Crippen molar-refractivity contribution in [2.24, 2.45) is 0 Å². The Morgan fingerprint density at radius 3 is 1.09 bits per heavy atom. The largest absolute Gasteiger partial charge is 0.135 e. The number of hydrogen-bond acceptors (Lipinski definition) is 2. The lowest BCUT2D eigenvalue weighted by Crippen LogP contribution is -1.93. The second kappa shape index (κ2) is 10.1. The van der Waals surface area contributed by atoms with E-state index in [9.17, 15) is 0 Å². The van der Waals surface area contributed by atoms with E-state index in [-0.39, 0.29) is 0 Å². The Morgan fingerprint density at radius 2 is 0.652 bits per heavy atom. The number of hydrogen-bond donors (Lipinski definition) is 0. The maximum absolute atomic E-state index is 2.41. The molecule has 0 nitrogen and oxygen atoms in total. The molecule has 0 radical (unpaired) electrons. The van der Waals surface area contributed by atoms with E-state index in [1.165, 1.54) is 96.0 Å². The van der Waals surface area contributed by atoms with Crippen molar-refractivity contribution in [1.82, 2.24) is 0 Å². The van der Waals surface area contributed by atoms with Crippen LogP contribution < -0.4 is 0 Å². The fourth-order valence-corrected chi connectivity index (χ4v) is 9.61. The summed E-state index contributed by atoms with van der Waals surface area (Å²) in [5.41, 5.74) is 12.8. The van der Waals surface area contributed by atoms with Crippen LogP contribution in [-0.2, 0) is 0 Å². The van der Waals surface area contributed by atoms with E-state index in [2.05, 4.69) is 158 Å². The van der Waals surface area contributed by atoms with Gasteiger partial charge in [-0.25, -0.2) is 0 Å². The minimum atomic E-state index is 1.25. The Bertz CT molecular complexity index is 2490. The van der Waals surface area contributed by atoms with Crippen LogP contribution in [0, 0.1) is 0 Å². The van der Waals surface area contributed by atoms with Crippen LogP contribution in [0.2, 0.25) is 0 Å². The van der Waals surface area contributed by atoms with Crippen LogP contribution in [0.25, 0.3) is 96.0 Å². The number of rotatable bonds is 4. The highest BCUT2D eigenvalue weighted by atomic mass is 32.1. The van der Waals surface area contributed by atoms with Gasteiger partial charge in [0.2, 0.25) is 0 Å². The molecule has 2 aliphatic rings. The van der Waals surface area contributed by atoms with Crippen molar-refractivity contribution < 1.29 is 0 Å². The van der Waals surface area contributed by atoms with Gasteiger partial charge in [0.25, 0.3) is 0 Å². The van der Waals surface area contributed by atoms with Gasteiger partial charge < -0.3 is 0 Å². The third kappa shape index (κ3) is 4.04. The summed E-state index contributed by atoms with van der Waals surface area (Å²) in [7, 11) is 0. The summed E-state index contributed by atoms with van der Waals surface area (Å²) in [5.74, 6) is 0. The Kier molecular flexibility index (Phi) is 5.72. The average Bonchev–Trinajstić information content (AvgIpc) is 3.13. The Hall–Kier alpha value is -5.28. The minimum Gasteiger partial charge on any atom is -0.135 e. The van der Waals surface area contributed by atoms with Crippen molar-refractivity contribution in [2.75, 3.05) is 0 Å². The lowest BCUT2D eigenvalue weighted by molar-refractivity contribution is 1.60. The molecule has 0 saturated heterocycles. The van der Waals surface area contributed by atoms with Gasteiger partial charge in [-0.1, -0.05) is 109 Å². The third-order valence-electron chi connectivity index (χ3n) is 9.38. The molecule has 0 aliphatic carbocycles. The topological polar surface area (TPSA) is 0 Å². The van der Waals surface area contributed by atoms with Gasteiger partial charge in [0.1, 0.15) is 0 Å². The lowest BCUT2D eigenvalue weighted by Gasteiger charge is -2.21. The van der Waals surface area contributed by atoms with E-state index in [4.69, 9.17) is 0 Å². The van der Waals surface area contributed by atoms with Crippen LogP contribution in [0.15, 0.2) is 158 Å². The molecule has 8 aromatic rings. The second-order valence-electron chi connectivity index (χ2n) is 12.1. The van der Waals surface area contributed by atoms with Crippen LogP contribution in [0.5, 0.6) is 0 Å². The first kappa shape index (κ1) is 26.0. The molecule has 2 aliphatic heterocycles. The smallest absolute Gasteiger partial charge is 0.0367 e. The van der Waals surface area contributed by atoms with Gasteiger partial charge in [-0.3, -0.25) is 0 Å². The molecule has 46 heavy (non-hydrogen) atoms. The molecule has 10 rings (SSSR count). The normalized spacial score (nSPS) is 11.9. The van der Waals surface area contributed by atoms with Gasteiger partial charge >= 0.3 is 0 Å². The fraction of sp³-hybridized carbons (Fsp3) is 0. The molecule has 0 saturated carbocycles. The second-order valence-corrected chi connectivity index (χ2v) is 14.3. The van der Waals surface area contributed by atoms with Crippen LogP contribution in [-0.4, -0.2) is 0 Å². The average molecular weight is 619 g/mol. The Labute approximate surface area is 275 Å². The molecule has 214 valence electrons. The maximum Gasteiger partial charge on any atom is 0.0367 e. The molecule has 2 heteroatoms. The van der Waals surface area contributed by atoms with Gasteiger partial charge in [-0.15, -0.1) is 22.7 Å². The predicted molar refractivity (Wildman–Crippen MR) is 202 cm³/mol. The first-order valence-corrected chi connectivity index (χ1v) is 17.3. The van der Waals surface area contributed by atoms with E-state index in [1.807, 2.05) is 22.7 Å². The molecule has 0 amide bonds. The van der Waals surface area contributed by atoms with Gasteiger partial charge in [-0.05, 0) is 104 Å². The summed E-state index contributed by atoms with van der Waals surface area (Å²) in [4.78, 5) is 0. The number of benzene rings is 8. The highest BCUT2D eigenvalue weighted by Gasteiger charge is 2.23. The van der Waals surface area contributed by atoms with Crippen molar-refractivity contribution in [3.05, 3.63) is 158 Å². The molecule has 0 unspecified atom stereocenters. The van der Waals surface area contributed by atoms with Gasteiger partial charge in [0.05, 0.1) is 0 Å². The summed E-state index contributed by atoms with van der Waals surface area (Å²) in [6.45, 7) is 0. The summed E-state index contributed by atoms with van der Waals surface area (Å²) < 4.78 is 5.40. The van der Waals surface area contributed by atoms with E-state index < -0.39 is 0 Å². The first-order valence-electron chi connectivity index (χ1n) is 15.7. The molecule has 0 atom stereocenters. The highest BCUT2D eigenvalue weighted by Crippen LogP contribution is 2.53. The molecule has 0 spiro atoms. The van der Waals surface area contributed by atoms with Crippen LogP contribution in [0.3, 0.4) is 0 Å². The minimum absolute atomic E-state index is 1.25. The monoisotopic (exact) mass is 618 g/mol. The van der Waals surface area contributed by atoms with E-state index in [0.29, 0.717) is 0 Å². The fourth-order valence-electron chi connectivity index (χ4n) is 7.23. The molecule has 0 fully saturated rings. The molecule has 0 bridgehead atoms. The third-order valence-corrected chi connectivity index (χ3v) is 11.6. The summed E-state index contributed by atoms with van der Waals surface area (Å²) in [5, 5.41) is 5.40. The van der Waals surface area contributed by atoms with Crippen molar-refractivity contribution in [3.8, 4) is 55.6 Å². The quantitative estimate of drug-likeness (QED) is 0.136. The molecule has 0 N–H and O–H groups in total. The van der Waals surface area contributed by atoms with Crippen LogP contribution in [0.1, 0.15) is 0 Å². The Morgan fingerprint density at radius 1 is 0.261 bits per heavy atom. The molecule has 0 aromatic heterocycles. The van der Waals surface area contributed by atoms with Crippen molar-refractivity contribution in [2.45, 2.75) is 0 Å². The standard InChI is InChI=1S/C44H26S2/c1-3-9-27(10-4-1)29-13-7-15-31(21-29)35-23-33-17-19-38-43-41(33)39(25-35)45-37-20-18-34-24-36(26-40(46-38)42(34)44(37)43)32-16-8-14-30(22-32)28-11-5-2-6-12-28/h1-26H. The van der Waals surface area contributed by atoms with Gasteiger partial charge in [-0.2, -0.15) is 0 Å². The van der Waals surface area contributed by atoms with E-state index in [1.54, 1.807) is 0 Å². The lowest BCUT2D eigenvalue weighted by atomic mass is 9.90. The van der Waals surface area contributed by atoms with E-state index >= 15 is 0 Å². The molecular weight excluding hydrogens is 593 g/mol. The van der Waals surface area contributed by atoms with Crippen LogP contribution >= 0.6 is 22.7 Å². The summed E-state index contributed by atoms with van der Waals surface area (Å²) in [6.07, 6.45) is 0. The Balaban J connectivity index is 1.16. The predicted octanol–water partition coefficient (Wildman–Crippen LogP) is 13.6. The van der Waals surface area contributed by atoms with Crippen LogP contribution in [0.4, 0.5) is 0 Å². The SMILES string of the molecule is c1ccc(-c2cccc(-c3cc4ccc5sc6cc(-c7cccc(-c8ccccc8)c7)cc7ccc8sc(c3)c4c5-c8c76)c2)cc1.